The van der Waals surface area contributed by atoms with E-state index >= 15 is 0 Å². The second-order valence-electron chi connectivity index (χ2n) is 3.55. The molecule has 0 unspecified atom stereocenters. The van der Waals surface area contributed by atoms with Crippen molar-refractivity contribution in [3.63, 3.8) is 0 Å². The van der Waals surface area contributed by atoms with Gasteiger partial charge in [0.1, 0.15) is 0 Å². The fraction of sp³-hybridized carbons (Fsp3) is 0.600. The molecule has 0 saturated heterocycles. The summed E-state index contributed by atoms with van der Waals surface area (Å²) in [5.74, 6) is 2.08. The second-order valence-corrected chi connectivity index (χ2v) is 7.94. The van der Waals surface area contributed by atoms with E-state index in [1.54, 1.807) is 4.91 Å². The van der Waals surface area contributed by atoms with Crippen molar-refractivity contribution < 1.29 is 0 Å². The standard InChI is InChI=1S/C10H17ClS/c1-12(2,9-5-8-11)10-6-3-4-7-10/h3-4,6H,5,7-9H2,1-2H3. The smallest absolute Gasteiger partial charge is 0.0230 e. The topological polar surface area (TPSA) is 0 Å². The van der Waals surface area contributed by atoms with Crippen LogP contribution in [-0.4, -0.2) is 24.1 Å². The Morgan fingerprint density at radius 2 is 2.25 bits per heavy atom. The van der Waals surface area contributed by atoms with Gasteiger partial charge >= 0.3 is 0 Å². The van der Waals surface area contributed by atoms with Gasteiger partial charge in [-0.1, -0.05) is 18.2 Å². The van der Waals surface area contributed by atoms with E-state index in [1.807, 2.05) is 0 Å². The number of halogens is 1. The SMILES string of the molecule is CS(C)(CCCCl)C1=CC=CC1. The Morgan fingerprint density at radius 3 is 2.75 bits per heavy atom. The normalized spacial score (nSPS) is 18.1. The van der Waals surface area contributed by atoms with Gasteiger partial charge in [0.05, 0.1) is 0 Å². The Labute approximate surface area is 82.0 Å². The summed E-state index contributed by atoms with van der Waals surface area (Å²) < 4.78 is 0. The van der Waals surface area contributed by atoms with Crippen molar-refractivity contribution in [2.24, 2.45) is 0 Å². The van der Waals surface area contributed by atoms with Gasteiger partial charge in [0, 0.05) is 5.88 Å². The van der Waals surface area contributed by atoms with Gasteiger partial charge in [-0.3, -0.25) is 0 Å². The Hall–Kier alpha value is 0.120. The highest BCUT2D eigenvalue weighted by Crippen LogP contribution is 2.51. The molecule has 70 valence electrons. The van der Waals surface area contributed by atoms with Crippen LogP contribution in [0.3, 0.4) is 0 Å². The summed E-state index contributed by atoms with van der Waals surface area (Å²) in [6.45, 7) is 0. The Balaban J connectivity index is 2.47. The third kappa shape index (κ3) is 2.56. The summed E-state index contributed by atoms with van der Waals surface area (Å²) in [6, 6.07) is 0. The maximum atomic E-state index is 5.69. The summed E-state index contributed by atoms with van der Waals surface area (Å²) in [6.07, 6.45) is 13.8. The first-order chi connectivity index (χ1) is 5.67. The van der Waals surface area contributed by atoms with E-state index in [4.69, 9.17) is 11.6 Å². The highest BCUT2D eigenvalue weighted by atomic mass is 35.5. The van der Waals surface area contributed by atoms with E-state index in [0.717, 1.165) is 12.3 Å². The van der Waals surface area contributed by atoms with Crippen molar-refractivity contribution >= 4 is 21.6 Å². The Morgan fingerprint density at radius 1 is 1.50 bits per heavy atom. The zero-order valence-corrected chi connectivity index (χ0v) is 9.42. The van der Waals surface area contributed by atoms with Gasteiger partial charge in [0.25, 0.3) is 0 Å². The molecule has 0 atom stereocenters. The van der Waals surface area contributed by atoms with Gasteiger partial charge in [-0.05, 0) is 36.0 Å². The molecule has 0 spiro atoms. The van der Waals surface area contributed by atoms with E-state index in [1.165, 1.54) is 12.2 Å². The summed E-state index contributed by atoms with van der Waals surface area (Å²) in [5, 5.41) is 0. The maximum absolute atomic E-state index is 5.69. The van der Waals surface area contributed by atoms with Crippen molar-refractivity contribution in [2.75, 3.05) is 24.1 Å². The van der Waals surface area contributed by atoms with E-state index in [0.29, 0.717) is 0 Å². The molecule has 0 N–H and O–H groups in total. The molecule has 0 amide bonds. The highest BCUT2D eigenvalue weighted by molar-refractivity contribution is 8.35. The van der Waals surface area contributed by atoms with Crippen molar-refractivity contribution in [3.8, 4) is 0 Å². The highest BCUT2D eigenvalue weighted by Gasteiger charge is 2.17. The first kappa shape index (κ1) is 10.2. The molecule has 0 fully saturated rings. The van der Waals surface area contributed by atoms with E-state index in [9.17, 15) is 0 Å². The van der Waals surface area contributed by atoms with Gasteiger partial charge in [0.15, 0.2) is 0 Å². The van der Waals surface area contributed by atoms with Gasteiger partial charge < -0.3 is 0 Å². The first-order valence-corrected chi connectivity index (χ1v) is 7.45. The largest absolute Gasteiger partial charge is 0.224 e. The predicted molar refractivity (Wildman–Crippen MR) is 61.5 cm³/mol. The first-order valence-electron chi connectivity index (χ1n) is 4.29. The van der Waals surface area contributed by atoms with Crippen molar-refractivity contribution in [1.29, 1.82) is 0 Å². The third-order valence-corrected chi connectivity index (χ3v) is 5.53. The molecule has 1 rings (SSSR count). The lowest BCUT2D eigenvalue weighted by Gasteiger charge is -2.32. The summed E-state index contributed by atoms with van der Waals surface area (Å²) in [5.41, 5.74) is 0. The molecule has 0 aliphatic heterocycles. The molecule has 0 aromatic heterocycles. The Bertz CT molecular complexity index is 204. The lowest BCUT2D eigenvalue weighted by atomic mass is 10.5. The molecule has 0 heterocycles. The van der Waals surface area contributed by atoms with E-state index in [2.05, 4.69) is 30.7 Å². The van der Waals surface area contributed by atoms with E-state index in [-0.39, 0.29) is 0 Å². The van der Waals surface area contributed by atoms with Crippen LogP contribution in [0.4, 0.5) is 0 Å². The molecule has 12 heavy (non-hydrogen) atoms. The maximum Gasteiger partial charge on any atom is 0.0230 e. The number of hydrogen-bond acceptors (Lipinski definition) is 0. The van der Waals surface area contributed by atoms with Crippen LogP contribution in [0.15, 0.2) is 23.1 Å². The quantitative estimate of drug-likeness (QED) is 0.615. The van der Waals surface area contributed by atoms with Crippen LogP contribution in [0.2, 0.25) is 0 Å². The van der Waals surface area contributed by atoms with Gasteiger partial charge in [-0.25, -0.2) is 10.0 Å². The van der Waals surface area contributed by atoms with Crippen LogP contribution in [0.25, 0.3) is 0 Å². The van der Waals surface area contributed by atoms with Gasteiger partial charge in [0.2, 0.25) is 0 Å². The van der Waals surface area contributed by atoms with Gasteiger partial charge in [-0.15, -0.1) is 11.6 Å². The van der Waals surface area contributed by atoms with Crippen molar-refractivity contribution in [3.05, 3.63) is 23.1 Å². The minimum absolute atomic E-state index is 0.508. The predicted octanol–water partition coefficient (Wildman–Crippen LogP) is 3.52. The second kappa shape index (κ2) is 4.38. The van der Waals surface area contributed by atoms with Crippen LogP contribution in [0.5, 0.6) is 0 Å². The van der Waals surface area contributed by atoms with Crippen LogP contribution in [0.1, 0.15) is 12.8 Å². The Kier molecular flexibility index (Phi) is 3.73. The number of allylic oxidation sites excluding steroid dienone is 4. The lowest BCUT2D eigenvalue weighted by Crippen LogP contribution is -2.03. The van der Waals surface area contributed by atoms with Gasteiger partial charge in [-0.2, -0.15) is 0 Å². The average Bonchev–Trinajstić information content (AvgIpc) is 2.53. The number of rotatable bonds is 4. The summed E-state index contributed by atoms with van der Waals surface area (Å²) in [7, 11) is -0.508. The number of alkyl halides is 1. The molecule has 2 heteroatoms. The monoisotopic (exact) mass is 204 g/mol. The summed E-state index contributed by atoms with van der Waals surface area (Å²) >= 11 is 5.69. The van der Waals surface area contributed by atoms with Crippen LogP contribution in [-0.2, 0) is 0 Å². The van der Waals surface area contributed by atoms with Crippen LogP contribution >= 0.6 is 21.6 Å². The molecular formula is C10H17ClS. The molecule has 0 nitrogen and oxygen atoms in total. The van der Waals surface area contributed by atoms with E-state index < -0.39 is 10.0 Å². The fourth-order valence-corrected chi connectivity index (χ4v) is 3.80. The average molecular weight is 205 g/mol. The fourth-order valence-electron chi connectivity index (χ4n) is 1.38. The molecular weight excluding hydrogens is 188 g/mol. The van der Waals surface area contributed by atoms with Crippen LogP contribution in [0, 0.1) is 0 Å². The number of hydrogen-bond donors (Lipinski definition) is 0. The molecule has 0 saturated carbocycles. The minimum atomic E-state index is -0.508. The molecule has 1 aliphatic rings. The van der Waals surface area contributed by atoms with Crippen molar-refractivity contribution in [1.82, 2.24) is 0 Å². The zero-order chi connectivity index (χ0) is 9.03. The molecule has 0 bridgehead atoms. The summed E-state index contributed by atoms with van der Waals surface area (Å²) in [4.78, 5) is 1.63. The molecule has 0 aromatic rings. The zero-order valence-electron chi connectivity index (χ0n) is 7.85. The molecule has 0 aromatic carbocycles. The van der Waals surface area contributed by atoms with Crippen LogP contribution < -0.4 is 0 Å². The molecule has 1 aliphatic carbocycles. The molecule has 0 radical (unpaired) electrons. The van der Waals surface area contributed by atoms with Crippen molar-refractivity contribution in [2.45, 2.75) is 12.8 Å². The minimum Gasteiger partial charge on any atom is -0.224 e. The lowest BCUT2D eigenvalue weighted by molar-refractivity contribution is 1.11. The third-order valence-electron chi connectivity index (χ3n) is 2.24.